The number of nitrogens with two attached hydrogens (primary N) is 1. The Morgan fingerprint density at radius 2 is 1.56 bits per heavy atom. The lowest BCUT2D eigenvalue weighted by molar-refractivity contribution is 0.0995. The van der Waals surface area contributed by atoms with E-state index in [0.717, 1.165) is 25.7 Å². The van der Waals surface area contributed by atoms with Gasteiger partial charge < -0.3 is 20.5 Å². The summed E-state index contributed by atoms with van der Waals surface area (Å²) in [5, 5.41) is 2.66. The number of benzene rings is 2. The average Bonchev–Trinajstić information content (AvgIpc) is 3.08. The van der Waals surface area contributed by atoms with Gasteiger partial charge in [0.2, 0.25) is 15.9 Å². The molecular formula is C22H27N3O6S. The van der Waals surface area contributed by atoms with E-state index in [-0.39, 0.29) is 27.5 Å². The second-order valence-corrected chi connectivity index (χ2v) is 9.35. The number of sulfonamides is 1. The lowest BCUT2D eigenvalue weighted by Gasteiger charge is -2.21. The Kier molecular flexibility index (Phi) is 7.37. The summed E-state index contributed by atoms with van der Waals surface area (Å²) in [6.45, 7) is 0.903. The fourth-order valence-corrected chi connectivity index (χ4v) is 5.15. The number of nitrogens with one attached hydrogen (secondary N) is 1. The molecule has 1 heterocycles. The minimum Gasteiger partial charge on any atom is -0.496 e. The Labute approximate surface area is 187 Å². The van der Waals surface area contributed by atoms with E-state index in [1.807, 2.05) is 0 Å². The van der Waals surface area contributed by atoms with Crippen LogP contribution >= 0.6 is 0 Å². The van der Waals surface area contributed by atoms with Gasteiger partial charge in [0.15, 0.2) is 0 Å². The van der Waals surface area contributed by atoms with Gasteiger partial charge in [-0.15, -0.1) is 0 Å². The molecule has 1 fully saturated rings. The van der Waals surface area contributed by atoms with Crippen LogP contribution in [-0.2, 0) is 10.0 Å². The van der Waals surface area contributed by atoms with E-state index in [1.54, 1.807) is 0 Å². The number of primary amides is 1. The highest BCUT2D eigenvalue weighted by atomic mass is 32.2. The molecule has 1 saturated heterocycles. The van der Waals surface area contributed by atoms with Crippen LogP contribution in [-0.4, -0.2) is 51.8 Å². The van der Waals surface area contributed by atoms with Crippen molar-refractivity contribution in [3.8, 4) is 11.5 Å². The quantitative estimate of drug-likeness (QED) is 0.652. The molecule has 3 N–H and O–H groups in total. The molecule has 2 amide bonds. The number of amides is 2. The maximum Gasteiger partial charge on any atom is 0.259 e. The third kappa shape index (κ3) is 5.03. The Bertz CT molecular complexity index is 1110. The predicted molar refractivity (Wildman–Crippen MR) is 120 cm³/mol. The topological polar surface area (TPSA) is 128 Å². The molecule has 0 aromatic heterocycles. The normalized spacial score (nSPS) is 14.9. The lowest BCUT2D eigenvalue weighted by atomic mass is 10.1. The van der Waals surface area contributed by atoms with Crippen LogP contribution in [0.25, 0.3) is 0 Å². The molecule has 0 spiro atoms. The summed E-state index contributed by atoms with van der Waals surface area (Å²) >= 11 is 0. The maximum atomic E-state index is 13.2. The zero-order valence-corrected chi connectivity index (χ0v) is 18.9. The molecule has 0 bridgehead atoms. The van der Waals surface area contributed by atoms with E-state index in [1.165, 1.54) is 54.9 Å². The van der Waals surface area contributed by atoms with E-state index < -0.39 is 21.8 Å². The van der Waals surface area contributed by atoms with Crippen molar-refractivity contribution in [3.63, 3.8) is 0 Å². The van der Waals surface area contributed by atoms with Gasteiger partial charge in [0, 0.05) is 18.7 Å². The summed E-state index contributed by atoms with van der Waals surface area (Å²) in [4.78, 5) is 24.6. The van der Waals surface area contributed by atoms with Gasteiger partial charge in [0.25, 0.3) is 5.91 Å². The van der Waals surface area contributed by atoms with E-state index in [2.05, 4.69) is 5.32 Å². The van der Waals surface area contributed by atoms with Crippen molar-refractivity contribution in [2.24, 2.45) is 5.73 Å². The molecule has 1 aliphatic rings. The van der Waals surface area contributed by atoms with Gasteiger partial charge in [0.05, 0.1) is 30.4 Å². The van der Waals surface area contributed by atoms with E-state index in [0.29, 0.717) is 18.8 Å². The van der Waals surface area contributed by atoms with Crippen molar-refractivity contribution in [3.05, 3.63) is 47.5 Å². The molecule has 0 aliphatic carbocycles. The zero-order valence-electron chi connectivity index (χ0n) is 18.1. The average molecular weight is 462 g/mol. The van der Waals surface area contributed by atoms with Crippen LogP contribution in [0.5, 0.6) is 11.5 Å². The van der Waals surface area contributed by atoms with Gasteiger partial charge in [-0.1, -0.05) is 12.8 Å². The van der Waals surface area contributed by atoms with Gasteiger partial charge in [0.1, 0.15) is 11.5 Å². The van der Waals surface area contributed by atoms with Crippen molar-refractivity contribution in [1.29, 1.82) is 0 Å². The number of nitrogens with zero attached hydrogens (tertiary/aromatic N) is 1. The molecule has 9 nitrogen and oxygen atoms in total. The van der Waals surface area contributed by atoms with E-state index >= 15 is 0 Å². The summed E-state index contributed by atoms with van der Waals surface area (Å²) in [6.07, 6.45) is 3.60. The summed E-state index contributed by atoms with van der Waals surface area (Å²) in [7, 11) is -0.945. The monoisotopic (exact) mass is 461 g/mol. The third-order valence-electron chi connectivity index (χ3n) is 5.35. The summed E-state index contributed by atoms with van der Waals surface area (Å²) < 4.78 is 38.3. The first-order valence-corrected chi connectivity index (χ1v) is 11.7. The Hall–Kier alpha value is -3.11. The molecule has 2 aromatic carbocycles. The third-order valence-corrected chi connectivity index (χ3v) is 7.25. The second-order valence-electron chi connectivity index (χ2n) is 7.41. The molecule has 0 atom stereocenters. The van der Waals surface area contributed by atoms with Crippen molar-refractivity contribution < 1.29 is 27.5 Å². The van der Waals surface area contributed by atoms with Crippen LogP contribution in [0, 0.1) is 0 Å². The van der Waals surface area contributed by atoms with E-state index in [4.69, 9.17) is 15.2 Å². The number of hydrogen-bond acceptors (Lipinski definition) is 6. The Morgan fingerprint density at radius 3 is 2.16 bits per heavy atom. The maximum absolute atomic E-state index is 13.2. The molecule has 3 rings (SSSR count). The molecule has 172 valence electrons. The number of hydrogen-bond donors (Lipinski definition) is 2. The van der Waals surface area contributed by atoms with Gasteiger partial charge in [-0.25, -0.2) is 8.42 Å². The fraction of sp³-hybridized carbons (Fsp3) is 0.364. The van der Waals surface area contributed by atoms with Gasteiger partial charge >= 0.3 is 0 Å². The van der Waals surface area contributed by atoms with Gasteiger partial charge in [-0.05, 0) is 49.2 Å². The summed E-state index contributed by atoms with van der Waals surface area (Å²) in [5.74, 6) is -0.751. The number of ether oxygens (including phenoxy) is 2. The first kappa shape index (κ1) is 23.6. The van der Waals surface area contributed by atoms with E-state index in [9.17, 15) is 18.0 Å². The largest absolute Gasteiger partial charge is 0.496 e. The number of carbonyl (C=O) groups excluding carboxylic acids is 2. The van der Waals surface area contributed by atoms with Crippen LogP contribution in [0.15, 0.2) is 41.3 Å². The number of methoxy groups -OCH3 is 2. The Balaban J connectivity index is 1.96. The number of rotatable bonds is 7. The van der Waals surface area contributed by atoms with Crippen molar-refractivity contribution in [1.82, 2.24) is 4.31 Å². The van der Waals surface area contributed by atoms with Gasteiger partial charge in [-0.2, -0.15) is 4.31 Å². The standard InChI is InChI=1S/C22H27N3O6S/c1-30-19-10-8-16(32(28,29)25-11-5-3-4-6-12-25)14-17(19)22(27)24-18-13-15(21(23)26)7-9-20(18)31-2/h7-10,13-14H,3-6,11-12H2,1-2H3,(H2,23,26)(H,24,27). The first-order chi connectivity index (χ1) is 15.3. The molecule has 10 heteroatoms. The SMILES string of the molecule is COc1ccc(C(N)=O)cc1NC(=O)c1cc(S(=O)(=O)N2CCCCCC2)ccc1OC. The predicted octanol–water partition coefficient (Wildman–Crippen LogP) is 2.62. The molecule has 1 aliphatic heterocycles. The highest BCUT2D eigenvalue weighted by molar-refractivity contribution is 7.89. The fourth-order valence-electron chi connectivity index (χ4n) is 3.60. The molecule has 32 heavy (non-hydrogen) atoms. The van der Waals surface area contributed by atoms with Crippen LogP contribution in [0.1, 0.15) is 46.4 Å². The molecule has 0 unspecified atom stereocenters. The molecule has 0 saturated carbocycles. The minimum absolute atomic E-state index is 0.0169. The number of anilines is 1. The van der Waals surface area contributed by atoms with Crippen molar-refractivity contribution in [2.45, 2.75) is 30.6 Å². The lowest BCUT2D eigenvalue weighted by Crippen LogP contribution is -2.32. The van der Waals surface area contributed by atoms with Crippen molar-refractivity contribution in [2.75, 3.05) is 32.6 Å². The van der Waals surface area contributed by atoms with Crippen LogP contribution in [0.4, 0.5) is 5.69 Å². The van der Waals surface area contributed by atoms with Crippen molar-refractivity contribution >= 4 is 27.5 Å². The highest BCUT2D eigenvalue weighted by Crippen LogP contribution is 2.30. The molecular weight excluding hydrogens is 434 g/mol. The summed E-state index contributed by atoms with van der Waals surface area (Å²) in [5.41, 5.74) is 5.77. The second kappa shape index (κ2) is 10.0. The molecule has 0 radical (unpaired) electrons. The summed E-state index contributed by atoms with van der Waals surface area (Å²) in [6, 6.07) is 8.57. The zero-order chi connectivity index (χ0) is 23.3. The van der Waals surface area contributed by atoms with Gasteiger partial charge in [-0.3, -0.25) is 9.59 Å². The Morgan fingerprint density at radius 1 is 0.938 bits per heavy atom. The highest BCUT2D eigenvalue weighted by Gasteiger charge is 2.27. The minimum atomic E-state index is -3.76. The number of carbonyl (C=O) groups is 2. The van der Waals surface area contributed by atoms with Crippen LogP contribution in [0.2, 0.25) is 0 Å². The first-order valence-electron chi connectivity index (χ1n) is 10.3. The molecule has 2 aromatic rings. The smallest absolute Gasteiger partial charge is 0.259 e. The van der Waals surface area contributed by atoms with Crippen LogP contribution < -0.4 is 20.5 Å². The van der Waals surface area contributed by atoms with Crippen LogP contribution in [0.3, 0.4) is 0 Å².